The van der Waals surface area contributed by atoms with Gasteiger partial charge in [-0.05, 0) is 43.3 Å². The van der Waals surface area contributed by atoms with Gasteiger partial charge in [0.1, 0.15) is 5.75 Å². The Morgan fingerprint density at radius 3 is 2.43 bits per heavy atom. The number of halogens is 3. The third-order valence-corrected chi connectivity index (χ3v) is 3.83. The first-order chi connectivity index (χ1) is 9.99. The Morgan fingerprint density at radius 2 is 1.86 bits per heavy atom. The van der Waals surface area contributed by atoms with Crippen molar-refractivity contribution in [3.63, 3.8) is 0 Å². The summed E-state index contributed by atoms with van der Waals surface area (Å²) >= 11 is 12.8. The van der Waals surface area contributed by atoms with Crippen molar-refractivity contribution in [2.24, 2.45) is 0 Å². The molecule has 6 heteroatoms. The van der Waals surface area contributed by atoms with Crippen molar-refractivity contribution in [2.45, 2.75) is 6.92 Å². The van der Waals surface area contributed by atoms with Crippen LogP contribution >= 0.6 is 43.5 Å². The quantitative estimate of drug-likeness (QED) is 0.690. The summed E-state index contributed by atoms with van der Waals surface area (Å²) in [7, 11) is 0. The average Bonchev–Trinajstić information content (AvgIpc) is 2.41. The molecule has 21 heavy (non-hydrogen) atoms. The number of carbonyl (C=O) groups is 1. The van der Waals surface area contributed by atoms with Crippen LogP contribution in [-0.4, -0.2) is 12.5 Å². The summed E-state index contributed by atoms with van der Waals surface area (Å²) in [5.41, 5.74) is 1.16. The van der Waals surface area contributed by atoms with Crippen LogP contribution in [0.4, 0.5) is 5.69 Å². The molecule has 1 N–H and O–H groups in total. The molecule has 2 aromatic carbocycles. The first-order valence-electron chi connectivity index (χ1n) is 6.19. The number of rotatable bonds is 4. The summed E-state index contributed by atoms with van der Waals surface area (Å²) in [6.07, 6.45) is 0. The third-order valence-electron chi connectivity index (χ3n) is 2.61. The molecule has 0 heterocycles. The van der Waals surface area contributed by atoms with Gasteiger partial charge in [0, 0.05) is 20.2 Å². The largest absolute Gasteiger partial charge is 0.492 e. The van der Waals surface area contributed by atoms with Crippen molar-refractivity contribution in [3.8, 4) is 5.75 Å². The van der Waals surface area contributed by atoms with Gasteiger partial charge in [-0.3, -0.25) is 4.79 Å². The molecule has 0 aliphatic rings. The summed E-state index contributed by atoms with van der Waals surface area (Å²) in [6.45, 7) is 2.43. The van der Waals surface area contributed by atoms with E-state index in [-0.39, 0.29) is 5.91 Å². The van der Waals surface area contributed by atoms with E-state index in [1.165, 1.54) is 0 Å². The second-order valence-electron chi connectivity index (χ2n) is 4.19. The van der Waals surface area contributed by atoms with Gasteiger partial charge in [0.05, 0.1) is 11.6 Å². The lowest BCUT2D eigenvalue weighted by Crippen LogP contribution is -2.12. The molecule has 0 aliphatic carbocycles. The van der Waals surface area contributed by atoms with Gasteiger partial charge in [-0.15, -0.1) is 0 Å². The molecule has 3 nitrogen and oxygen atoms in total. The number of ether oxygens (including phenoxy) is 1. The van der Waals surface area contributed by atoms with Gasteiger partial charge < -0.3 is 10.1 Å². The van der Waals surface area contributed by atoms with Crippen LogP contribution in [0.5, 0.6) is 5.75 Å². The van der Waals surface area contributed by atoms with Crippen LogP contribution in [0.1, 0.15) is 17.3 Å². The minimum absolute atomic E-state index is 0.211. The van der Waals surface area contributed by atoms with Gasteiger partial charge >= 0.3 is 0 Å². The van der Waals surface area contributed by atoms with Gasteiger partial charge in [0.15, 0.2) is 0 Å². The number of hydrogen-bond acceptors (Lipinski definition) is 2. The van der Waals surface area contributed by atoms with Crippen molar-refractivity contribution in [1.82, 2.24) is 0 Å². The number of benzene rings is 2. The summed E-state index contributed by atoms with van der Waals surface area (Å²) in [6, 6.07) is 10.5. The van der Waals surface area contributed by atoms with Crippen LogP contribution in [0.3, 0.4) is 0 Å². The molecular formula is C15H12Br2ClNO2. The van der Waals surface area contributed by atoms with Crippen LogP contribution in [-0.2, 0) is 0 Å². The van der Waals surface area contributed by atoms with E-state index in [1.807, 2.05) is 13.0 Å². The first kappa shape index (κ1) is 16.3. The molecular weight excluding hydrogens is 421 g/mol. The highest BCUT2D eigenvalue weighted by Crippen LogP contribution is 2.28. The normalized spacial score (nSPS) is 10.3. The fourth-order valence-corrected chi connectivity index (χ4v) is 3.27. The molecule has 0 saturated carbocycles. The zero-order valence-electron chi connectivity index (χ0n) is 11.1. The fourth-order valence-electron chi connectivity index (χ4n) is 1.74. The topological polar surface area (TPSA) is 38.3 Å². The highest BCUT2D eigenvalue weighted by Gasteiger charge is 2.09. The lowest BCUT2D eigenvalue weighted by atomic mass is 10.2. The highest BCUT2D eigenvalue weighted by atomic mass is 79.9. The van der Waals surface area contributed by atoms with Crippen molar-refractivity contribution in [3.05, 3.63) is 55.9 Å². The van der Waals surface area contributed by atoms with Gasteiger partial charge in [0.2, 0.25) is 0 Å². The zero-order valence-corrected chi connectivity index (χ0v) is 15.0. The standard InChI is InChI=1S/C15H12Br2ClNO2/c1-2-21-14-4-3-12(8-13(14)18)19-15(20)9-5-10(16)7-11(17)6-9/h3-8H,2H2,1H3,(H,19,20). The maximum atomic E-state index is 12.2. The predicted molar refractivity (Wildman–Crippen MR) is 92.4 cm³/mol. The Bertz CT molecular complexity index is 656. The first-order valence-corrected chi connectivity index (χ1v) is 8.16. The second kappa shape index (κ2) is 7.29. The summed E-state index contributed by atoms with van der Waals surface area (Å²) < 4.78 is 7.01. The fraction of sp³-hybridized carbons (Fsp3) is 0.133. The van der Waals surface area contributed by atoms with Crippen LogP contribution in [0.25, 0.3) is 0 Å². The summed E-state index contributed by atoms with van der Waals surface area (Å²) in [5, 5.41) is 3.27. The SMILES string of the molecule is CCOc1ccc(NC(=O)c2cc(Br)cc(Br)c2)cc1Cl. The van der Waals surface area contributed by atoms with Crippen LogP contribution in [0.2, 0.25) is 5.02 Å². The van der Waals surface area contributed by atoms with Crippen molar-refractivity contribution >= 4 is 55.1 Å². The molecule has 0 fully saturated rings. The van der Waals surface area contributed by atoms with Crippen LogP contribution in [0, 0.1) is 0 Å². The minimum Gasteiger partial charge on any atom is -0.492 e. The highest BCUT2D eigenvalue weighted by molar-refractivity contribution is 9.11. The van der Waals surface area contributed by atoms with E-state index in [9.17, 15) is 4.79 Å². The molecule has 1 amide bonds. The number of carbonyl (C=O) groups excluding carboxylic acids is 1. The van der Waals surface area contributed by atoms with E-state index >= 15 is 0 Å². The average molecular weight is 434 g/mol. The van der Waals surface area contributed by atoms with E-state index in [2.05, 4.69) is 37.2 Å². The molecule has 0 unspecified atom stereocenters. The number of anilines is 1. The Hall–Kier alpha value is -1.04. The Kier molecular flexibility index (Phi) is 5.67. The molecule has 0 radical (unpaired) electrons. The smallest absolute Gasteiger partial charge is 0.255 e. The van der Waals surface area contributed by atoms with Gasteiger partial charge in [0.25, 0.3) is 5.91 Å². The lowest BCUT2D eigenvalue weighted by molar-refractivity contribution is 0.102. The number of amides is 1. The Labute approximate surface area is 144 Å². The molecule has 0 spiro atoms. The zero-order chi connectivity index (χ0) is 15.4. The van der Waals surface area contributed by atoms with Crippen LogP contribution < -0.4 is 10.1 Å². The number of hydrogen-bond donors (Lipinski definition) is 1. The van der Waals surface area contributed by atoms with Gasteiger partial charge in [-0.25, -0.2) is 0 Å². The monoisotopic (exact) mass is 431 g/mol. The van der Waals surface area contributed by atoms with E-state index in [0.717, 1.165) is 8.95 Å². The van der Waals surface area contributed by atoms with Crippen molar-refractivity contribution < 1.29 is 9.53 Å². The van der Waals surface area contributed by atoms with E-state index in [0.29, 0.717) is 28.6 Å². The predicted octanol–water partition coefficient (Wildman–Crippen LogP) is 5.52. The summed E-state index contributed by atoms with van der Waals surface area (Å²) in [5.74, 6) is 0.389. The van der Waals surface area contributed by atoms with E-state index in [1.54, 1.807) is 30.3 Å². The molecule has 0 saturated heterocycles. The van der Waals surface area contributed by atoms with E-state index in [4.69, 9.17) is 16.3 Å². The second-order valence-corrected chi connectivity index (χ2v) is 6.43. The maximum Gasteiger partial charge on any atom is 0.255 e. The molecule has 110 valence electrons. The summed E-state index contributed by atoms with van der Waals surface area (Å²) in [4.78, 5) is 12.2. The molecule has 2 aromatic rings. The molecule has 2 rings (SSSR count). The molecule has 0 aliphatic heterocycles. The van der Waals surface area contributed by atoms with Crippen molar-refractivity contribution in [2.75, 3.05) is 11.9 Å². The third kappa shape index (κ3) is 4.46. The lowest BCUT2D eigenvalue weighted by Gasteiger charge is -2.09. The van der Waals surface area contributed by atoms with Crippen LogP contribution in [0.15, 0.2) is 45.3 Å². The van der Waals surface area contributed by atoms with Crippen molar-refractivity contribution in [1.29, 1.82) is 0 Å². The number of nitrogens with one attached hydrogen (secondary N) is 1. The van der Waals surface area contributed by atoms with Gasteiger partial charge in [-0.2, -0.15) is 0 Å². The molecule has 0 atom stereocenters. The maximum absolute atomic E-state index is 12.2. The molecule has 0 bridgehead atoms. The van der Waals surface area contributed by atoms with E-state index < -0.39 is 0 Å². The minimum atomic E-state index is -0.211. The Balaban J connectivity index is 2.17. The Morgan fingerprint density at radius 1 is 1.19 bits per heavy atom. The molecule has 0 aromatic heterocycles. The van der Waals surface area contributed by atoms with Gasteiger partial charge in [-0.1, -0.05) is 43.5 Å².